The highest BCUT2D eigenvalue weighted by Crippen LogP contribution is 2.33. The minimum atomic E-state index is -0.700. The van der Waals surface area contributed by atoms with E-state index in [4.69, 9.17) is 14.2 Å². The number of nitrogens with zero attached hydrogens (tertiary/aromatic N) is 2. The van der Waals surface area contributed by atoms with Crippen LogP contribution in [-0.2, 0) is 9.53 Å². The predicted molar refractivity (Wildman–Crippen MR) is 107 cm³/mol. The molecule has 1 fully saturated rings. The highest BCUT2D eigenvalue weighted by Gasteiger charge is 2.44. The first-order valence-electron chi connectivity index (χ1n) is 9.56. The summed E-state index contributed by atoms with van der Waals surface area (Å²) in [4.78, 5) is 25.6. The number of cyclic esters (lactones) is 1. The van der Waals surface area contributed by atoms with Crippen LogP contribution in [0.25, 0.3) is 0 Å². The zero-order valence-electron chi connectivity index (χ0n) is 17.1. The van der Waals surface area contributed by atoms with E-state index in [0.717, 1.165) is 10.6 Å². The van der Waals surface area contributed by atoms with Crippen LogP contribution >= 0.6 is 0 Å². The van der Waals surface area contributed by atoms with Crippen LogP contribution < -0.4 is 9.47 Å². The van der Waals surface area contributed by atoms with Gasteiger partial charge in [0.25, 0.3) is 5.91 Å². The molecule has 7 heteroatoms. The fourth-order valence-electron chi connectivity index (χ4n) is 3.47. The molecule has 0 spiro atoms. The van der Waals surface area contributed by atoms with E-state index in [0.29, 0.717) is 11.5 Å². The zero-order valence-corrected chi connectivity index (χ0v) is 17.1. The van der Waals surface area contributed by atoms with E-state index >= 15 is 0 Å². The molecule has 0 N–H and O–H groups in total. The third-order valence-corrected chi connectivity index (χ3v) is 4.80. The van der Waals surface area contributed by atoms with Crippen LogP contribution in [-0.4, -0.2) is 47.8 Å². The second-order valence-electron chi connectivity index (χ2n) is 7.10. The van der Waals surface area contributed by atoms with Gasteiger partial charge in [-0.3, -0.25) is 4.79 Å². The Morgan fingerprint density at radius 2 is 1.69 bits per heavy atom. The third-order valence-electron chi connectivity index (χ3n) is 4.80. The van der Waals surface area contributed by atoms with Crippen molar-refractivity contribution in [2.75, 3.05) is 13.7 Å². The molecule has 2 amide bonds. The molecule has 0 saturated carbocycles. The lowest BCUT2D eigenvalue weighted by Gasteiger charge is -2.46. The summed E-state index contributed by atoms with van der Waals surface area (Å²) >= 11 is 0. The summed E-state index contributed by atoms with van der Waals surface area (Å²) in [5, 5.41) is 2.81. The van der Waals surface area contributed by atoms with Gasteiger partial charge in [0.2, 0.25) is 0 Å². The van der Waals surface area contributed by atoms with E-state index in [-0.39, 0.29) is 18.7 Å². The van der Waals surface area contributed by atoms with E-state index < -0.39 is 18.1 Å². The number of amides is 2. The quantitative estimate of drug-likeness (QED) is 0.737. The Labute approximate surface area is 170 Å². The van der Waals surface area contributed by atoms with Gasteiger partial charge in [-0.05, 0) is 50.6 Å². The smallest absolute Gasteiger partial charge is 0.432 e. The molecule has 29 heavy (non-hydrogen) atoms. The van der Waals surface area contributed by atoms with Gasteiger partial charge in [-0.25, -0.2) is 4.79 Å². The van der Waals surface area contributed by atoms with Crippen LogP contribution in [0.4, 0.5) is 4.79 Å². The number of hydrazine groups is 1. The summed E-state index contributed by atoms with van der Waals surface area (Å²) in [6, 6.07) is 16.1. The number of imide groups is 1. The van der Waals surface area contributed by atoms with Crippen LogP contribution in [0.3, 0.4) is 0 Å². The summed E-state index contributed by atoms with van der Waals surface area (Å²) in [7, 11) is 1.58. The molecule has 2 aromatic rings. The molecule has 1 aliphatic rings. The molecule has 1 saturated heterocycles. The highest BCUT2D eigenvalue weighted by atomic mass is 16.6. The van der Waals surface area contributed by atoms with Gasteiger partial charge in [-0.1, -0.05) is 30.3 Å². The summed E-state index contributed by atoms with van der Waals surface area (Å²) in [6.45, 7) is 5.52. The SMILES string of the molecule is COc1ccc(OCC(=O)N2C(=O)O[C@H](c3ccccc3)[C@H](C)N2C(C)C)cc1. The maximum absolute atomic E-state index is 12.8. The maximum Gasteiger partial charge on any atom is 0.432 e. The molecule has 0 radical (unpaired) electrons. The minimum absolute atomic E-state index is 0.0889. The van der Waals surface area contributed by atoms with Crippen molar-refractivity contribution >= 4 is 12.0 Å². The molecule has 0 aromatic heterocycles. The number of methoxy groups -OCH3 is 1. The molecule has 154 valence electrons. The van der Waals surface area contributed by atoms with Gasteiger partial charge in [0, 0.05) is 6.04 Å². The Balaban J connectivity index is 1.74. The van der Waals surface area contributed by atoms with Gasteiger partial charge in [0.15, 0.2) is 6.61 Å². The third kappa shape index (κ3) is 4.51. The Kier molecular flexibility index (Phi) is 6.39. The Morgan fingerprint density at radius 1 is 1.07 bits per heavy atom. The molecule has 0 bridgehead atoms. The predicted octanol–water partition coefficient (Wildman–Crippen LogP) is 3.81. The lowest BCUT2D eigenvalue weighted by Crippen LogP contribution is -2.63. The normalized spacial score (nSPS) is 19.8. The Bertz CT molecular complexity index is 838. The number of hydrogen-bond acceptors (Lipinski definition) is 6. The van der Waals surface area contributed by atoms with Crippen molar-refractivity contribution < 1.29 is 23.8 Å². The van der Waals surface area contributed by atoms with Gasteiger partial charge in [0.1, 0.15) is 17.6 Å². The standard InChI is InChI=1S/C22H26N2O5/c1-15(2)23-16(3)21(17-8-6-5-7-9-17)29-22(26)24(23)20(25)14-28-19-12-10-18(27-4)11-13-19/h5-13,15-16,21H,14H2,1-4H3/t16-,21-/m0/s1. The van der Waals surface area contributed by atoms with Gasteiger partial charge < -0.3 is 14.2 Å². The number of carbonyl (C=O) groups excluding carboxylic acids is 2. The lowest BCUT2D eigenvalue weighted by atomic mass is 10.0. The van der Waals surface area contributed by atoms with Crippen molar-refractivity contribution in [3.05, 3.63) is 60.2 Å². The summed E-state index contributed by atoms with van der Waals surface area (Å²) in [5.41, 5.74) is 0.889. The van der Waals surface area contributed by atoms with Crippen molar-refractivity contribution in [3.8, 4) is 11.5 Å². The number of ether oxygens (including phenoxy) is 3. The van der Waals surface area contributed by atoms with Crippen molar-refractivity contribution in [1.29, 1.82) is 0 Å². The van der Waals surface area contributed by atoms with E-state index in [2.05, 4.69) is 0 Å². The summed E-state index contributed by atoms with van der Waals surface area (Å²) in [5.74, 6) is 0.712. The molecule has 1 heterocycles. The molecule has 2 aromatic carbocycles. The minimum Gasteiger partial charge on any atom is -0.497 e. The lowest BCUT2D eigenvalue weighted by molar-refractivity contribution is -0.176. The highest BCUT2D eigenvalue weighted by molar-refractivity contribution is 5.92. The Morgan fingerprint density at radius 3 is 2.28 bits per heavy atom. The van der Waals surface area contributed by atoms with Crippen LogP contribution in [0, 0.1) is 0 Å². The van der Waals surface area contributed by atoms with Crippen LogP contribution in [0.1, 0.15) is 32.4 Å². The molecular weight excluding hydrogens is 372 g/mol. The van der Waals surface area contributed by atoms with E-state index in [9.17, 15) is 9.59 Å². The fraction of sp³-hybridized carbons (Fsp3) is 0.364. The maximum atomic E-state index is 12.8. The van der Waals surface area contributed by atoms with Gasteiger partial charge in [-0.15, -0.1) is 0 Å². The van der Waals surface area contributed by atoms with Gasteiger partial charge >= 0.3 is 6.09 Å². The summed E-state index contributed by atoms with van der Waals surface area (Å²) < 4.78 is 16.3. The van der Waals surface area contributed by atoms with Gasteiger partial charge in [0.05, 0.1) is 13.2 Å². The van der Waals surface area contributed by atoms with E-state index in [1.807, 2.05) is 51.1 Å². The number of carbonyl (C=O) groups is 2. The zero-order chi connectivity index (χ0) is 21.0. The van der Waals surface area contributed by atoms with Crippen molar-refractivity contribution in [3.63, 3.8) is 0 Å². The first-order chi connectivity index (χ1) is 13.9. The average molecular weight is 398 g/mol. The van der Waals surface area contributed by atoms with Crippen molar-refractivity contribution in [1.82, 2.24) is 10.0 Å². The summed E-state index contributed by atoms with van der Waals surface area (Å²) in [6.07, 6.45) is -1.16. The second-order valence-corrected chi connectivity index (χ2v) is 7.10. The molecule has 0 unspecified atom stereocenters. The first-order valence-corrected chi connectivity index (χ1v) is 9.56. The molecule has 1 aliphatic heterocycles. The first kappa shape index (κ1) is 20.7. The van der Waals surface area contributed by atoms with Crippen LogP contribution in [0.5, 0.6) is 11.5 Å². The second kappa shape index (κ2) is 8.96. The number of benzene rings is 2. The molecule has 2 atom stereocenters. The fourth-order valence-corrected chi connectivity index (χ4v) is 3.47. The molecule has 3 rings (SSSR count). The van der Waals surface area contributed by atoms with Crippen molar-refractivity contribution in [2.24, 2.45) is 0 Å². The Hall–Kier alpha value is -3.06. The van der Waals surface area contributed by atoms with Crippen LogP contribution in [0.2, 0.25) is 0 Å². The van der Waals surface area contributed by atoms with Gasteiger partial charge in [-0.2, -0.15) is 10.0 Å². The van der Waals surface area contributed by atoms with Crippen molar-refractivity contribution in [2.45, 2.75) is 39.0 Å². The largest absolute Gasteiger partial charge is 0.497 e. The molecule has 7 nitrogen and oxygen atoms in total. The van der Waals surface area contributed by atoms with E-state index in [1.54, 1.807) is 36.4 Å². The topological polar surface area (TPSA) is 68.3 Å². The molecular formula is C22H26N2O5. The number of rotatable bonds is 6. The monoisotopic (exact) mass is 398 g/mol. The number of hydrogen-bond donors (Lipinski definition) is 0. The molecule has 0 aliphatic carbocycles. The van der Waals surface area contributed by atoms with Crippen LogP contribution in [0.15, 0.2) is 54.6 Å². The average Bonchev–Trinajstić information content (AvgIpc) is 2.73. The van der Waals surface area contributed by atoms with E-state index in [1.165, 1.54) is 0 Å².